The minimum atomic E-state index is -4.01. The van der Waals surface area contributed by atoms with E-state index in [9.17, 15) is 13.2 Å². The molecule has 3 aromatic carbocycles. The van der Waals surface area contributed by atoms with Gasteiger partial charge >= 0.3 is 0 Å². The normalized spacial score (nSPS) is 14.8. The lowest BCUT2D eigenvalue weighted by atomic mass is 10.1. The molecular weight excluding hydrogens is 528 g/mol. The van der Waals surface area contributed by atoms with Gasteiger partial charge in [0.05, 0.1) is 31.3 Å². The molecular formula is C26H24N4O6S2. The number of hydrogen-bond acceptors (Lipinski definition) is 9. The Hall–Kier alpha value is -4.16. The second-order valence-corrected chi connectivity index (χ2v) is 11.3. The van der Waals surface area contributed by atoms with Gasteiger partial charge in [-0.25, -0.2) is 8.42 Å². The molecule has 1 atom stereocenters. The number of rotatable bonds is 7. The quantitative estimate of drug-likeness (QED) is 0.364. The first-order chi connectivity index (χ1) is 18.3. The molecule has 12 heteroatoms. The number of fused-ring (bicyclic) bond motifs is 1. The van der Waals surface area contributed by atoms with Crippen LogP contribution in [0.25, 0.3) is 10.6 Å². The summed E-state index contributed by atoms with van der Waals surface area (Å²) in [6, 6.07) is 18.6. The van der Waals surface area contributed by atoms with Crippen LogP contribution in [0.3, 0.4) is 0 Å². The fourth-order valence-corrected chi connectivity index (χ4v) is 6.13. The molecule has 4 aromatic rings. The lowest BCUT2D eigenvalue weighted by Gasteiger charge is -2.34. The summed E-state index contributed by atoms with van der Waals surface area (Å²) in [5, 5.41) is 11.8. The highest BCUT2D eigenvalue weighted by Gasteiger charge is 2.38. The van der Waals surface area contributed by atoms with Crippen molar-refractivity contribution >= 4 is 38.1 Å². The van der Waals surface area contributed by atoms with E-state index < -0.39 is 22.0 Å². The van der Waals surface area contributed by atoms with Crippen LogP contribution >= 0.6 is 11.3 Å². The zero-order valence-electron chi connectivity index (χ0n) is 20.7. The first kappa shape index (κ1) is 25.5. The minimum absolute atomic E-state index is 0.0695. The number of methoxy groups -OCH3 is 2. The van der Waals surface area contributed by atoms with Crippen molar-refractivity contribution in [3.63, 3.8) is 0 Å². The summed E-state index contributed by atoms with van der Waals surface area (Å²) >= 11 is 1.19. The van der Waals surface area contributed by atoms with Crippen molar-refractivity contribution in [1.29, 1.82) is 0 Å². The summed E-state index contributed by atoms with van der Waals surface area (Å²) in [6.07, 6.45) is -1.12. The van der Waals surface area contributed by atoms with Gasteiger partial charge in [-0.1, -0.05) is 17.4 Å². The van der Waals surface area contributed by atoms with E-state index >= 15 is 0 Å². The second-order valence-electron chi connectivity index (χ2n) is 8.42. The third-order valence-corrected chi connectivity index (χ3v) is 8.60. The minimum Gasteiger partial charge on any atom is -0.497 e. The molecule has 0 fully saturated rings. The number of sulfonamides is 1. The van der Waals surface area contributed by atoms with Crippen LogP contribution in [0.4, 0.5) is 10.8 Å². The molecule has 196 valence electrons. The van der Waals surface area contributed by atoms with E-state index in [4.69, 9.17) is 14.2 Å². The van der Waals surface area contributed by atoms with Crippen molar-refractivity contribution in [2.24, 2.45) is 0 Å². The fraction of sp³-hybridized carbons (Fsp3) is 0.192. The maximum Gasteiger partial charge on any atom is 0.269 e. The van der Waals surface area contributed by atoms with Crippen molar-refractivity contribution in [3.05, 3.63) is 72.3 Å². The van der Waals surface area contributed by atoms with Gasteiger partial charge < -0.3 is 14.2 Å². The molecule has 1 amide bonds. The topological polar surface area (TPSA) is 120 Å². The third kappa shape index (κ3) is 5.00. The van der Waals surface area contributed by atoms with Gasteiger partial charge in [0.1, 0.15) is 22.3 Å². The van der Waals surface area contributed by atoms with Crippen LogP contribution < -0.4 is 23.8 Å². The van der Waals surface area contributed by atoms with Crippen molar-refractivity contribution in [1.82, 2.24) is 10.2 Å². The summed E-state index contributed by atoms with van der Waals surface area (Å²) in [4.78, 5) is 13.3. The Morgan fingerprint density at radius 2 is 1.66 bits per heavy atom. The molecule has 0 bridgehead atoms. The Balaban J connectivity index is 1.40. The highest BCUT2D eigenvalue weighted by atomic mass is 32.2. The van der Waals surface area contributed by atoms with Gasteiger partial charge in [0.25, 0.3) is 15.9 Å². The van der Waals surface area contributed by atoms with Gasteiger partial charge in [-0.2, -0.15) is 0 Å². The second kappa shape index (κ2) is 10.3. The lowest BCUT2D eigenvalue weighted by Crippen LogP contribution is -2.48. The molecule has 5 rings (SSSR count). The van der Waals surface area contributed by atoms with Gasteiger partial charge in [-0.05, 0) is 73.2 Å². The Bertz CT molecular complexity index is 1570. The monoisotopic (exact) mass is 552 g/mol. The number of hydrogen-bond donors (Lipinski definition) is 1. The fourth-order valence-electron chi connectivity index (χ4n) is 3.91. The number of carbonyl (C=O) groups excluding carboxylic acids is 1. The van der Waals surface area contributed by atoms with E-state index in [1.54, 1.807) is 37.4 Å². The van der Waals surface area contributed by atoms with Crippen LogP contribution in [0.1, 0.15) is 5.56 Å². The molecule has 2 heterocycles. The van der Waals surface area contributed by atoms with E-state index in [1.165, 1.54) is 34.9 Å². The number of amides is 1. The van der Waals surface area contributed by atoms with Crippen LogP contribution in [0.2, 0.25) is 0 Å². The largest absolute Gasteiger partial charge is 0.497 e. The Labute approximate surface area is 223 Å². The van der Waals surface area contributed by atoms with Gasteiger partial charge in [-0.15, -0.1) is 10.2 Å². The smallest absolute Gasteiger partial charge is 0.269 e. The van der Waals surface area contributed by atoms with E-state index in [-0.39, 0.29) is 22.3 Å². The third-order valence-electron chi connectivity index (χ3n) is 5.92. The maximum absolute atomic E-state index is 13.7. The molecule has 0 radical (unpaired) electrons. The Kier molecular flexibility index (Phi) is 6.91. The van der Waals surface area contributed by atoms with E-state index in [1.807, 2.05) is 31.2 Å². The molecule has 1 N–H and O–H groups in total. The van der Waals surface area contributed by atoms with Crippen LogP contribution in [-0.2, 0) is 14.8 Å². The number of nitrogens with one attached hydrogen (secondary N) is 1. The zero-order valence-corrected chi connectivity index (χ0v) is 22.4. The number of anilines is 2. The molecule has 0 saturated carbocycles. The van der Waals surface area contributed by atoms with Crippen molar-refractivity contribution in [2.75, 3.05) is 30.4 Å². The molecule has 0 saturated heterocycles. The number of ether oxygens (including phenoxy) is 3. The van der Waals surface area contributed by atoms with Crippen molar-refractivity contribution in [3.8, 4) is 27.8 Å². The van der Waals surface area contributed by atoms with Gasteiger partial charge in [0, 0.05) is 5.56 Å². The highest BCUT2D eigenvalue weighted by molar-refractivity contribution is 7.92. The Morgan fingerprint density at radius 3 is 2.32 bits per heavy atom. The summed E-state index contributed by atoms with van der Waals surface area (Å²) in [6.45, 7) is 1.63. The molecule has 1 aromatic heterocycles. The zero-order chi connectivity index (χ0) is 26.9. The predicted molar refractivity (Wildman–Crippen MR) is 144 cm³/mol. The van der Waals surface area contributed by atoms with E-state index in [0.29, 0.717) is 22.2 Å². The lowest BCUT2D eigenvalue weighted by molar-refractivity contribution is -0.122. The SMILES string of the molecule is COc1ccc(-c2nnc(NC(=O)[C@@H]3CN(S(=O)(=O)c4ccc(OC)cc4)c4cc(C)ccc4O3)s2)cc1. The molecule has 1 aliphatic heterocycles. The summed E-state index contributed by atoms with van der Waals surface area (Å²) in [5.41, 5.74) is 2.03. The number of nitrogens with zero attached hydrogens (tertiary/aromatic N) is 3. The molecule has 0 spiro atoms. The molecule has 10 nitrogen and oxygen atoms in total. The average Bonchev–Trinajstić information content (AvgIpc) is 3.40. The maximum atomic E-state index is 13.7. The summed E-state index contributed by atoms with van der Waals surface area (Å²) in [5.74, 6) is 0.996. The molecule has 1 aliphatic rings. The average molecular weight is 553 g/mol. The molecule has 0 aliphatic carbocycles. The number of carbonyl (C=O) groups is 1. The first-order valence-electron chi connectivity index (χ1n) is 11.5. The highest BCUT2D eigenvalue weighted by Crippen LogP contribution is 2.38. The van der Waals surface area contributed by atoms with Crippen LogP contribution in [0.5, 0.6) is 17.2 Å². The van der Waals surface area contributed by atoms with Crippen molar-refractivity contribution < 1.29 is 27.4 Å². The van der Waals surface area contributed by atoms with Crippen molar-refractivity contribution in [2.45, 2.75) is 17.9 Å². The predicted octanol–water partition coefficient (Wildman–Crippen LogP) is 4.13. The number of aryl methyl sites for hydroxylation is 1. The summed E-state index contributed by atoms with van der Waals surface area (Å²) in [7, 11) is -0.919. The number of aromatic nitrogens is 2. The van der Waals surface area contributed by atoms with E-state index in [0.717, 1.165) is 11.1 Å². The summed E-state index contributed by atoms with van der Waals surface area (Å²) < 4.78 is 44.8. The Morgan fingerprint density at radius 1 is 1.00 bits per heavy atom. The van der Waals surface area contributed by atoms with Gasteiger partial charge in [0.15, 0.2) is 6.10 Å². The van der Waals surface area contributed by atoms with Crippen LogP contribution in [0, 0.1) is 6.92 Å². The molecule has 38 heavy (non-hydrogen) atoms. The van der Waals surface area contributed by atoms with Crippen LogP contribution in [-0.4, -0.2) is 51.4 Å². The van der Waals surface area contributed by atoms with Gasteiger partial charge in [-0.3, -0.25) is 14.4 Å². The van der Waals surface area contributed by atoms with E-state index in [2.05, 4.69) is 15.5 Å². The van der Waals surface area contributed by atoms with Crippen LogP contribution in [0.15, 0.2) is 71.6 Å². The first-order valence-corrected chi connectivity index (χ1v) is 13.8. The number of benzene rings is 3. The van der Waals surface area contributed by atoms with Gasteiger partial charge in [0.2, 0.25) is 5.13 Å². The molecule has 0 unspecified atom stereocenters. The standard InChI is InChI=1S/C26H24N4O6S2/c1-16-4-13-22-21(14-16)30(38(32,33)20-11-9-19(35-3)10-12-20)15-23(36-22)24(31)27-26-29-28-25(37-26)17-5-7-18(34-2)8-6-17/h4-14,23H,15H2,1-3H3,(H,27,29,31)/t23-/m0/s1.